The number of esters is 1. The molecule has 2 aromatic rings. The highest BCUT2D eigenvalue weighted by Gasteiger charge is 2.22. The maximum Gasteiger partial charge on any atom is 0.337 e. The van der Waals surface area contributed by atoms with Crippen molar-refractivity contribution in [1.29, 1.82) is 0 Å². The van der Waals surface area contributed by atoms with Gasteiger partial charge < -0.3 is 20.1 Å². The number of methoxy groups -OCH3 is 1. The topological polar surface area (TPSA) is 72.0 Å². The van der Waals surface area contributed by atoms with Gasteiger partial charge in [-0.25, -0.2) is 4.79 Å². The average molecular weight is 523 g/mol. The summed E-state index contributed by atoms with van der Waals surface area (Å²) in [5, 5.41) is 6.67. The van der Waals surface area contributed by atoms with E-state index in [-0.39, 0.29) is 29.9 Å². The van der Waals surface area contributed by atoms with Gasteiger partial charge in [-0.3, -0.25) is 4.99 Å². The fourth-order valence-corrected chi connectivity index (χ4v) is 2.93. The fraction of sp³-hybridized carbons (Fsp3) is 0.391. The Labute approximate surface area is 195 Å². The monoisotopic (exact) mass is 523 g/mol. The van der Waals surface area contributed by atoms with Crippen LogP contribution in [0, 0.1) is 5.92 Å². The van der Waals surface area contributed by atoms with Gasteiger partial charge in [0.25, 0.3) is 0 Å². The van der Waals surface area contributed by atoms with E-state index in [9.17, 15) is 4.79 Å². The normalized spacial score (nSPS) is 13.2. The highest BCUT2D eigenvalue weighted by atomic mass is 127. The van der Waals surface area contributed by atoms with E-state index >= 15 is 0 Å². The summed E-state index contributed by atoms with van der Waals surface area (Å²) in [6.07, 6.45) is 3.38. The molecule has 0 amide bonds. The van der Waals surface area contributed by atoms with Crippen LogP contribution in [0.2, 0.25) is 0 Å². The molecule has 0 heterocycles. The van der Waals surface area contributed by atoms with Gasteiger partial charge in [0.05, 0.1) is 19.3 Å². The minimum atomic E-state index is -0.319. The Kier molecular flexibility index (Phi) is 9.93. The summed E-state index contributed by atoms with van der Waals surface area (Å²) in [7, 11) is 3.15. The van der Waals surface area contributed by atoms with Crippen LogP contribution in [0.3, 0.4) is 0 Å². The molecule has 30 heavy (non-hydrogen) atoms. The van der Waals surface area contributed by atoms with Crippen molar-refractivity contribution in [3.05, 3.63) is 65.2 Å². The van der Waals surface area contributed by atoms with Crippen molar-refractivity contribution in [1.82, 2.24) is 10.6 Å². The molecule has 1 aliphatic rings. The fourth-order valence-electron chi connectivity index (χ4n) is 2.93. The second kappa shape index (κ2) is 12.4. The van der Waals surface area contributed by atoms with Crippen molar-refractivity contribution >= 4 is 35.9 Å². The predicted octanol–water partition coefficient (Wildman–Crippen LogP) is 3.79. The van der Waals surface area contributed by atoms with Crippen molar-refractivity contribution in [3.63, 3.8) is 0 Å². The van der Waals surface area contributed by atoms with Crippen LogP contribution >= 0.6 is 24.0 Å². The second-order valence-electron chi connectivity index (χ2n) is 7.15. The number of nitrogens with zero attached hydrogens (tertiary/aromatic N) is 1. The van der Waals surface area contributed by atoms with Gasteiger partial charge in [-0.1, -0.05) is 30.3 Å². The van der Waals surface area contributed by atoms with Crippen molar-refractivity contribution in [2.24, 2.45) is 10.9 Å². The van der Waals surface area contributed by atoms with Crippen LogP contribution in [0.1, 0.15) is 34.3 Å². The maximum absolute atomic E-state index is 11.5. The summed E-state index contributed by atoms with van der Waals surface area (Å²) >= 11 is 0. The van der Waals surface area contributed by atoms with E-state index in [0.717, 1.165) is 48.3 Å². The minimum absolute atomic E-state index is 0. The number of rotatable bonds is 9. The molecule has 0 radical (unpaired) electrons. The number of ether oxygens (including phenoxy) is 2. The van der Waals surface area contributed by atoms with Crippen molar-refractivity contribution in [2.75, 3.05) is 27.3 Å². The molecule has 2 aromatic carbocycles. The molecule has 0 spiro atoms. The third-order valence-corrected chi connectivity index (χ3v) is 4.90. The van der Waals surface area contributed by atoms with Gasteiger partial charge in [-0.15, -0.1) is 24.0 Å². The van der Waals surface area contributed by atoms with E-state index in [1.807, 2.05) is 30.3 Å². The Morgan fingerprint density at radius 1 is 1.10 bits per heavy atom. The number of carbonyl (C=O) groups excluding carboxylic acids is 1. The highest BCUT2D eigenvalue weighted by molar-refractivity contribution is 14.0. The van der Waals surface area contributed by atoms with E-state index in [0.29, 0.717) is 12.1 Å². The first-order valence-electron chi connectivity index (χ1n) is 10.0. The smallest absolute Gasteiger partial charge is 0.337 e. The molecule has 1 aliphatic carbocycles. The third-order valence-electron chi connectivity index (χ3n) is 4.90. The van der Waals surface area contributed by atoms with Crippen LogP contribution < -0.4 is 15.4 Å². The lowest BCUT2D eigenvalue weighted by Crippen LogP contribution is -2.37. The Balaban J connectivity index is 0.00000320. The molecule has 162 valence electrons. The van der Waals surface area contributed by atoms with Crippen molar-refractivity contribution in [2.45, 2.75) is 25.8 Å². The largest absolute Gasteiger partial charge is 0.493 e. The van der Waals surface area contributed by atoms with Crippen LogP contribution in [0.4, 0.5) is 0 Å². The van der Waals surface area contributed by atoms with Crippen molar-refractivity contribution < 1.29 is 14.3 Å². The molecule has 1 saturated carbocycles. The number of hydrogen-bond acceptors (Lipinski definition) is 4. The molecule has 1 fully saturated rings. The molecule has 7 heteroatoms. The second-order valence-corrected chi connectivity index (χ2v) is 7.15. The van der Waals surface area contributed by atoms with Crippen LogP contribution in [0.25, 0.3) is 0 Å². The standard InChI is InChI=1S/C23H29N3O3.HI/c1-24-23(25-14-13-17-9-11-19(12-10-17)22(27)28-2)26-15-20-5-3-4-6-21(20)29-16-18-7-8-18;/h3-6,9-12,18H,7-8,13-16H2,1-2H3,(H2,24,25,26);1H. The molecule has 3 rings (SSSR count). The molecule has 2 N–H and O–H groups in total. The van der Waals surface area contributed by atoms with E-state index < -0.39 is 0 Å². The Hall–Kier alpha value is -2.29. The summed E-state index contributed by atoms with van der Waals surface area (Å²) in [5.41, 5.74) is 2.82. The number of carbonyl (C=O) groups is 1. The van der Waals surface area contributed by atoms with Gasteiger partial charge in [0, 0.05) is 25.7 Å². The first-order chi connectivity index (χ1) is 14.2. The molecule has 0 atom stereocenters. The van der Waals surface area contributed by atoms with Gasteiger partial charge in [0.2, 0.25) is 0 Å². The number of para-hydroxylation sites is 1. The molecule has 0 bridgehead atoms. The number of guanidine groups is 1. The molecule has 0 unspecified atom stereocenters. The average Bonchev–Trinajstić information content (AvgIpc) is 3.59. The van der Waals surface area contributed by atoms with Crippen LogP contribution in [-0.4, -0.2) is 39.2 Å². The summed E-state index contributed by atoms with van der Waals surface area (Å²) in [6.45, 7) is 2.18. The SMILES string of the molecule is CN=C(NCCc1ccc(C(=O)OC)cc1)NCc1ccccc1OCC1CC1.I. The lowest BCUT2D eigenvalue weighted by molar-refractivity contribution is 0.0600. The zero-order valence-electron chi connectivity index (χ0n) is 17.5. The lowest BCUT2D eigenvalue weighted by Gasteiger charge is -2.15. The van der Waals surface area contributed by atoms with Crippen LogP contribution in [0.5, 0.6) is 5.75 Å². The van der Waals surface area contributed by atoms with E-state index in [2.05, 4.69) is 21.7 Å². The maximum atomic E-state index is 11.5. The van der Waals surface area contributed by atoms with Crippen molar-refractivity contribution in [3.8, 4) is 5.75 Å². The number of nitrogens with one attached hydrogen (secondary N) is 2. The quantitative estimate of drug-likeness (QED) is 0.227. The highest BCUT2D eigenvalue weighted by Crippen LogP contribution is 2.30. The van der Waals surface area contributed by atoms with Gasteiger partial charge in [-0.2, -0.15) is 0 Å². The molecule has 0 aliphatic heterocycles. The summed E-state index contributed by atoms with van der Waals surface area (Å²) in [5.74, 6) is 2.09. The molecule has 6 nitrogen and oxygen atoms in total. The number of halogens is 1. The van der Waals surface area contributed by atoms with Gasteiger partial charge in [0.1, 0.15) is 5.75 Å². The van der Waals surface area contributed by atoms with Gasteiger partial charge in [-0.05, 0) is 48.9 Å². The predicted molar refractivity (Wildman–Crippen MR) is 130 cm³/mol. The third kappa shape index (κ3) is 7.51. The lowest BCUT2D eigenvalue weighted by atomic mass is 10.1. The van der Waals surface area contributed by atoms with Crippen LogP contribution in [-0.2, 0) is 17.7 Å². The summed E-state index contributed by atoms with van der Waals surface area (Å²) in [4.78, 5) is 15.8. The Morgan fingerprint density at radius 2 is 1.83 bits per heavy atom. The summed E-state index contributed by atoms with van der Waals surface area (Å²) in [6, 6.07) is 15.6. The summed E-state index contributed by atoms with van der Waals surface area (Å²) < 4.78 is 10.7. The minimum Gasteiger partial charge on any atom is -0.493 e. The van der Waals surface area contributed by atoms with E-state index in [4.69, 9.17) is 9.47 Å². The number of benzene rings is 2. The Morgan fingerprint density at radius 3 is 2.50 bits per heavy atom. The zero-order chi connectivity index (χ0) is 20.5. The molecule has 0 saturated heterocycles. The zero-order valence-corrected chi connectivity index (χ0v) is 19.8. The first-order valence-corrected chi connectivity index (χ1v) is 10.0. The van der Waals surface area contributed by atoms with Gasteiger partial charge in [0.15, 0.2) is 5.96 Å². The number of hydrogen-bond donors (Lipinski definition) is 2. The molecular formula is C23H30IN3O3. The van der Waals surface area contributed by atoms with E-state index in [1.165, 1.54) is 20.0 Å². The van der Waals surface area contributed by atoms with E-state index in [1.54, 1.807) is 19.2 Å². The van der Waals surface area contributed by atoms with Gasteiger partial charge >= 0.3 is 5.97 Å². The van der Waals surface area contributed by atoms with Crippen LogP contribution in [0.15, 0.2) is 53.5 Å². The first kappa shape index (κ1) is 24.0. The molecular weight excluding hydrogens is 493 g/mol. The molecule has 0 aromatic heterocycles. The Bertz CT molecular complexity index is 836. The number of aliphatic imine (C=N–C) groups is 1.